The molecule has 2 aliphatic heterocycles. The molecular formula is C46H44F2N10O5. The van der Waals surface area contributed by atoms with E-state index in [2.05, 4.69) is 35.3 Å². The van der Waals surface area contributed by atoms with Crippen molar-refractivity contribution in [2.24, 2.45) is 5.92 Å². The molecule has 4 N–H and O–H groups in total. The standard InChI is InChI=1S/C46H44F2N10O5/c1-24-16-30(17-25(2)38(24)47)58-40(56-14-13-55(44(56)61)36-7-5-33(50)31(22-49)39(36)48)32-23-54(12-8-34(32)52-58)41(59)37-19-29-18-27(28-9-15-62-45(21-28)10-11-45)4-6-35(29)57(37)46(20-26(46)3)42-51-43(60)63-53-42/h4-7,13-14,16-19,22,26,28,49H,8-12,15,20-21,23,50H2,1-3H3,(H,51,53,60)/t26-,28-,46-/m0/s1. The Bertz CT molecular complexity index is 3180. The van der Waals surface area contributed by atoms with Crippen molar-refractivity contribution in [1.29, 1.82) is 5.41 Å². The Kier molecular flexibility index (Phi) is 8.55. The summed E-state index contributed by atoms with van der Waals surface area (Å²) in [4.78, 5) is 46.6. The van der Waals surface area contributed by atoms with Crippen LogP contribution in [0.3, 0.4) is 0 Å². The Balaban J connectivity index is 1.04. The number of fused-ring (bicyclic) bond motifs is 2. The predicted octanol–water partition coefficient (Wildman–Crippen LogP) is 6.33. The van der Waals surface area contributed by atoms with Crippen LogP contribution < -0.4 is 17.2 Å². The van der Waals surface area contributed by atoms with Crippen molar-refractivity contribution < 1.29 is 22.8 Å². The number of rotatable bonds is 8. The summed E-state index contributed by atoms with van der Waals surface area (Å²) in [6.07, 6.45) is 8.68. The van der Waals surface area contributed by atoms with E-state index in [4.69, 9.17) is 25.5 Å². The van der Waals surface area contributed by atoms with Crippen LogP contribution in [0.1, 0.15) is 94.8 Å². The van der Waals surface area contributed by atoms with Crippen LogP contribution in [-0.4, -0.2) is 69.4 Å². The number of ether oxygens (including phenoxy) is 1. The van der Waals surface area contributed by atoms with Crippen LogP contribution in [0.2, 0.25) is 0 Å². The fraction of sp³-hybridized carbons (Fsp3) is 0.348. The molecule has 1 amide bonds. The summed E-state index contributed by atoms with van der Waals surface area (Å²) in [5, 5.41) is 17.7. The van der Waals surface area contributed by atoms with Gasteiger partial charge in [0, 0.05) is 60.3 Å². The van der Waals surface area contributed by atoms with Crippen LogP contribution in [0.25, 0.3) is 28.1 Å². The molecule has 4 aliphatic rings. The molecule has 3 atom stereocenters. The summed E-state index contributed by atoms with van der Waals surface area (Å²) in [5.74, 6) is -1.17. The zero-order valence-electron chi connectivity index (χ0n) is 34.9. The second-order valence-corrected chi connectivity index (χ2v) is 17.8. The number of nitrogens with two attached hydrogens (primary N) is 1. The molecule has 1 saturated heterocycles. The van der Waals surface area contributed by atoms with E-state index in [1.165, 1.54) is 34.7 Å². The molecule has 4 aromatic heterocycles. The van der Waals surface area contributed by atoms with E-state index < -0.39 is 22.8 Å². The summed E-state index contributed by atoms with van der Waals surface area (Å²) in [7, 11) is 0. The number of carbonyl (C=O) groups is 1. The third-order valence-electron chi connectivity index (χ3n) is 13.9. The molecule has 17 heteroatoms. The first kappa shape index (κ1) is 39.0. The average molecular weight is 855 g/mol. The van der Waals surface area contributed by atoms with Gasteiger partial charge in [0.2, 0.25) is 0 Å². The monoisotopic (exact) mass is 854 g/mol. The fourth-order valence-corrected chi connectivity index (χ4v) is 10.3. The largest absolute Gasteiger partial charge is 0.438 e. The zero-order chi connectivity index (χ0) is 43.7. The van der Waals surface area contributed by atoms with E-state index in [0.717, 1.165) is 47.4 Å². The highest BCUT2D eigenvalue weighted by Crippen LogP contribution is 2.56. The van der Waals surface area contributed by atoms with Gasteiger partial charge < -0.3 is 25.3 Å². The molecule has 63 heavy (non-hydrogen) atoms. The van der Waals surface area contributed by atoms with Crippen LogP contribution in [-0.2, 0) is 23.2 Å². The third kappa shape index (κ3) is 5.92. The van der Waals surface area contributed by atoms with Gasteiger partial charge in [0.05, 0.1) is 34.8 Å². The number of H-pyrrole nitrogens is 1. The SMILES string of the molecule is Cc1cc(-n2nc3c(c2-n2ccn(-c4ccc(N)c(C=N)c4F)c2=O)CN(C(=O)c2cc4cc([C@H]5CCOC6(CC6)C5)ccc4n2[C@@]2(c4noc(=O)[nH]4)C[C@@H]2C)CC3)cc(C)c1F. The van der Waals surface area contributed by atoms with Crippen LogP contribution in [0, 0.1) is 36.8 Å². The number of imidazole rings is 1. The van der Waals surface area contributed by atoms with Crippen molar-refractivity contribution in [2.45, 2.75) is 82.9 Å². The lowest BCUT2D eigenvalue weighted by atomic mass is 9.87. The molecule has 6 heterocycles. The molecule has 1 spiro atoms. The first-order valence-electron chi connectivity index (χ1n) is 21.2. The molecule has 7 aromatic rings. The normalized spacial score (nSPS) is 21.3. The number of nitrogens with zero attached hydrogens (tertiary/aromatic N) is 7. The number of hydrogen-bond acceptors (Lipinski definition) is 9. The smallest absolute Gasteiger partial charge is 0.398 e. The summed E-state index contributed by atoms with van der Waals surface area (Å²) in [6.45, 7) is 6.42. The quantitative estimate of drug-likeness (QED) is 0.117. The molecule has 0 bridgehead atoms. The number of aromatic nitrogens is 7. The Morgan fingerprint density at radius 2 is 1.78 bits per heavy atom. The number of aromatic amines is 1. The van der Waals surface area contributed by atoms with E-state index in [1.807, 2.05) is 10.6 Å². The Hall–Kier alpha value is -6.88. The van der Waals surface area contributed by atoms with Gasteiger partial charge in [-0.1, -0.05) is 18.1 Å². The Morgan fingerprint density at radius 1 is 1.02 bits per heavy atom. The highest BCUT2D eigenvalue weighted by atomic mass is 19.1. The van der Waals surface area contributed by atoms with E-state index >= 15 is 13.6 Å². The lowest BCUT2D eigenvalue weighted by molar-refractivity contribution is -0.0132. The van der Waals surface area contributed by atoms with Gasteiger partial charge in [-0.25, -0.2) is 23.1 Å². The number of halogens is 2. The van der Waals surface area contributed by atoms with Crippen LogP contribution >= 0.6 is 0 Å². The molecule has 3 aromatic carbocycles. The second-order valence-electron chi connectivity index (χ2n) is 17.8. The van der Waals surface area contributed by atoms with Crippen molar-refractivity contribution in [3.8, 4) is 17.2 Å². The van der Waals surface area contributed by atoms with Crippen molar-refractivity contribution in [1.82, 2.24) is 38.5 Å². The van der Waals surface area contributed by atoms with Crippen LogP contribution in [0.15, 0.2) is 75.0 Å². The van der Waals surface area contributed by atoms with Crippen molar-refractivity contribution >= 4 is 28.7 Å². The van der Waals surface area contributed by atoms with Gasteiger partial charge in [0.1, 0.15) is 22.9 Å². The number of amides is 1. The van der Waals surface area contributed by atoms with Gasteiger partial charge in [-0.3, -0.25) is 23.4 Å². The summed E-state index contributed by atoms with van der Waals surface area (Å²) < 4.78 is 48.0. The highest BCUT2D eigenvalue weighted by molar-refractivity contribution is 5.99. The van der Waals surface area contributed by atoms with Gasteiger partial charge in [0.15, 0.2) is 11.6 Å². The summed E-state index contributed by atoms with van der Waals surface area (Å²) in [6, 6.07) is 14.4. The highest BCUT2D eigenvalue weighted by Gasteiger charge is 2.59. The molecular weight excluding hydrogens is 811 g/mol. The van der Waals surface area contributed by atoms with Gasteiger partial charge in [-0.2, -0.15) is 5.10 Å². The molecule has 2 aliphatic carbocycles. The van der Waals surface area contributed by atoms with Crippen molar-refractivity contribution in [3.05, 3.63) is 139 Å². The molecule has 3 fully saturated rings. The molecule has 322 valence electrons. The van der Waals surface area contributed by atoms with Gasteiger partial charge in [-0.15, -0.1) is 0 Å². The zero-order valence-corrected chi connectivity index (χ0v) is 34.9. The first-order chi connectivity index (χ1) is 30.3. The first-order valence-corrected chi connectivity index (χ1v) is 21.2. The maximum atomic E-state index is 15.7. The van der Waals surface area contributed by atoms with Gasteiger partial charge in [0.25, 0.3) is 5.91 Å². The maximum absolute atomic E-state index is 15.7. The number of nitrogen functional groups attached to an aromatic ring is 1. The van der Waals surface area contributed by atoms with Crippen molar-refractivity contribution in [2.75, 3.05) is 18.9 Å². The van der Waals surface area contributed by atoms with E-state index in [0.29, 0.717) is 77.3 Å². The van der Waals surface area contributed by atoms with E-state index in [1.54, 1.807) is 35.6 Å². The number of carbonyl (C=O) groups excluding carboxylic acids is 1. The molecule has 2 saturated carbocycles. The number of aryl methyl sites for hydroxylation is 2. The molecule has 15 nitrogen and oxygen atoms in total. The Morgan fingerprint density at radius 3 is 2.48 bits per heavy atom. The number of nitrogens with one attached hydrogen (secondary N) is 2. The number of hydrogen-bond donors (Lipinski definition) is 3. The second kappa shape index (κ2) is 13.8. The van der Waals surface area contributed by atoms with Crippen LogP contribution in [0.4, 0.5) is 14.5 Å². The number of anilines is 1. The van der Waals surface area contributed by atoms with Crippen molar-refractivity contribution in [3.63, 3.8) is 0 Å². The van der Waals surface area contributed by atoms with E-state index in [-0.39, 0.29) is 46.7 Å². The fourth-order valence-electron chi connectivity index (χ4n) is 10.3. The maximum Gasteiger partial charge on any atom is 0.438 e. The summed E-state index contributed by atoms with van der Waals surface area (Å²) >= 11 is 0. The minimum absolute atomic E-state index is 0.00241. The lowest BCUT2D eigenvalue weighted by Gasteiger charge is -2.30. The summed E-state index contributed by atoms with van der Waals surface area (Å²) in [5.41, 5.74) is 9.14. The minimum atomic E-state index is -0.850. The van der Waals surface area contributed by atoms with Crippen LogP contribution in [0.5, 0.6) is 0 Å². The topological polar surface area (TPSA) is 188 Å². The molecule has 11 rings (SSSR count). The molecule has 0 radical (unpaired) electrons. The Labute approximate surface area is 358 Å². The third-order valence-corrected chi connectivity index (χ3v) is 13.9. The minimum Gasteiger partial charge on any atom is -0.398 e. The van der Waals surface area contributed by atoms with E-state index in [9.17, 15) is 9.59 Å². The predicted molar refractivity (Wildman–Crippen MR) is 228 cm³/mol. The number of benzene rings is 3. The average Bonchev–Trinajstić information content (AvgIpc) is 3.81. The van der Waals surface area contributed by atoms with Gasteiger partial charge in [-0.05, 0) is 117 Å². The molecule has 0 unspecified atom stereocenters. The lowest BCUT2D eigenvalue weighted by Crippen LogP contribution is -2.39. The van der Waals surface area contributed by atoms with Gasteiger partial charge >= 0.3 is 11.4 Å².